The van der Waals surface area contributed by atoms with Crippen LogP contribution in [0.25, 0.3) is 0 Å². The second kappa shape index (κ2) is 8.80. The number of thioether (sulfide) groups is 1. The molecule has 2 N–H and O–H groups in total. The lowest BCUT2D eigenvalue weighted by Gasteiger charge is -2.33. The van der Waals surface area contributed by atoms with Crippen LogP contribution in [0.5, 0.6) is 5.75 Å². The van der Waals surface area contributed by atoms with Gasteiger partial charge in [0.1, 0.15) is 11.0 Å². The Morgan fingerprint density at radius 1 is 1.26 bits per heavy atom. The highest BCUT2D eigenvalue weighted by molar-refractivity contribution is 8.00. The Morgan fingerprint density at radius 2 is 2.06 bits per heavy atom. The van der Waals surface area contributed by atoms with Gasteiger partial charge in [-0.2, -0.15) is 0 Å². The minimum absolute atomic E-state index is 0.117. The number of ether oxygens (including phenoxy) is 1. The molecular weight excluding hydrogens is 434 g/mol. The third-order valence-electron chi connectivity index (χ3n) is 5.25. The Balaban J connectivity index is 1.70. The van der Waals surface area contributed by atoms with E-state index in [2.05, 4.69) is 20.9 Å². The number of amides is 1. The predicted octanol–water partition coefficient (Wildman–Crippen LogP) is 4.52. The molecule has 1 aliphatic rings. The number of anilines is 1. The number of halogens is 1. The van der Waals surface area contributed by atoms with Crippen LogP contribution in [-0.2, 0) is 11.2 Å². The van der Waals surface area contributed by atoms with Crippen LogP contribution in [0.4, 0.5) is 5.69 Å². The van der Waals surface area contributed by atoms with E-state index in [0.29, 0.717) is 15.9 Å². The van der Waals surface area contributed by atoms with Crippen molar-refractivity contribution in [3.63, 3.8) is 0 Å². The van der Waals surface area contributed by atoms with Crippen molar-refractivity contribution in [2.24, 2.45) is 0 Å². The van der Waals surface area contributed by atoms with E-state index in [1.54, 1.807) is 7.11 Å². The molecule has 1 aliphatic heterocycles. The molecule has 9 heteroatoms. The summed E-state index contributed by atoms with van der Waals surface area (Å²) < 4.78 is 7.14. The van der Waals surface area contributed by atoms with E-state index < -0.39 is 5.25 Å². The highest BCUT2D eigenvalue weighted by Gasteiger charge is 2.38. The summed E-state index contributed by atoms with van der Waals surface area (Å²) in [6.07, 6.45) is 0.718. The molecule has 1 aromatic heterocycles. The van der Waals surface area contributed by atoms with Crippen molar-refractivity contribution < 1.29 is 9.53 Å². The van der Waals surface area contributed by atoms with Crippen molar-refractivity contribution in [3.05, 3.63) is 63.9 Å². The zero-order chi connectivity index (χ0) is 22.1. The number of nitrogens with one attached hydrogen (secondary N) is 2. The first-order chi connectivity index (χ1) is 14.9. The Morgan fingerprint density at radius 3 is 2.74 bits per heavy atom. The summed E-state index contributed by atoms with van der Waals surface area (Å²) in [6, 6.07) is 11.2. The third kappa shape index (κ3) is 4.22. The number of carbonyl (C=O) groups is 1. The van der Waals surface area contributed by atoms with Gasteiger partial charge in [-0.3, -0.25) is 4.79 Å². The molecule has 2 heterocycles. The van der Waals surface area contributed by atoms with Crippen LogP contribution in [-0.4, -0.2) is 33.1 Å². The van der Waals surface area contributed by atoms with E-state index in [9.17, 15) is 4.79 Å². The number of aryl methyl sites for hydroxylation is 3. The number of fused-ring (bicyclic) bond motifs is 1. The maximum absolute atomic E-state index is 13.4. The quantitative estimate of drug-likeness (QED) is 0.586. The zero-order valence-corrected chi connectivity index (χ0v) is 19.3. The second-order valence-corrected chi connectivity index (χ2v) is 8.95. The van der Waals surface area contributed by atoms with Crippen LogP contribution in [0.2, 0.25) is 5.02 Å². The topological polar surface area (TPSA) is 81.1 Å². The number of rotatable bonds is 5. The van der Waals surface area contributed by atoms with E-state index in [1.807, 2.05) is 61.8 Å². The number of nitrogens with zero attached hydrogens (tertiary/aromatic N) is 3. The maximum Gasteiger partial charge on any atom is 0.240 e. The Kier molecular flexibility index (Phi) is 6.11. The largest absolute Gasteiger partial charge is 0.495 e. The number of hydrogen-bond acceptors (Lipinski definition) is 6. The van der Waals surface area contributed by atoms with Gasteiger partial charge in [0.15, 0.2) is 5.82 Å². The fourth-order valence-corrected chi connectivity index (χ4v) is 4.98. The first kappa shape index (κ1) is 21.5. The van der Waals surface area contributed by atoms with Crippen molar-refractivity contribution in [2.75, 3.05) is 17.9 Å². The average molecular weight is 458 g/mol. The van der Waals surface area contributed by atoms with Crippen molar-refractivity contribution >= 4 is 35.0 Å². The van der Waals surface area contributed by atoms with Crippen LogP contribution in [0, 0.1) is 13.8 Å². The second-order valence-electron chi connectivity index (χ2n) is 7.43. The van der Waals surface area contributed by atoms with Crippen molar-refractivity contribution in [1.82, 2.24) is 14.9 Å². The van der Waals surface area contributed by atoms with Crippen molar-refractivity contribution in [1.29, 1.82) is 0 Å². The van der Waals surface area contributed by atoms with Crippen LogP contribution >= 0.6 is 23.4 Å². The highest BCUT2D eigenvalue weighted by Crippen LogP contribution is 2.39. The lowest BCUT2D eigenvalue weighted by molar-refractivity contribution is -0.116. The molecule has 1 amide bonds. The number of benzene rings is 2. The summed E-state index contributed by atoms with van der Waals surface area (Å²) in [4.78, 5) is 13.4. The Labute approximate surface area is 190 Å². The van der Waals surface area contributed by atoms with E-state index in [1.165, 1.54) is 11.8 Å². The van der Waals surface area contributed by atoms with E-state index in [-0.39, 0.29) is 11.9 Å². The monoisotopic (exact) mass is 457 g/mol. The molecule has 3 aromatic rings. The van der Waals surface area contributed by atoms with Crippen molar-refractivity contribution in [2.45, 2.75) is 43.6 Å². The molecule has 0 aliphatic carbocycles. The van der Waals surface area contributed by atoms with Crippen LogP contribution < -0.4 is 15.5 Å². The molecule has 0 saturated carbocycles. The van der Waals surface area contributed by atoms with Gasteiger partial charge in [-0.05, 0) is 43.2 Å². The molecule has 0 spiro atoms. The van der Waals surface area contributed by atoms with Gasteiger partial charge in [0.05, 0.1) is 18.2 Å². The average Bonchev–Trinajstić information content (AvgIpc) is 3.16. The predicted molar refractivity (Wildman–Crippen MR) is 124 cm³/mol. The van der Waals surface area contributed by atoms with Gasteiger partial charge in [0, 0.05) is 12.1 Å². The van der Waals surface area contributed by atoms with E-state index in [4.69, 9.17) is 16.3 Å². The lowest BCUT2D eigenvalue weighted by Crippen LogP contribution is -2.41. The molecular formula is C22H24ClN5O2S. The molecule has 2 aromatic carbocycles. The summed E-state index contributed by atoms with van der Waals surface area (Å²) in [5.74, 6) is 1.28. The maximum atomic E-state index is 13.4. The van der Waals surface area contributed by atoms with Crippen molar-refractivity contribution in [3.8, 4) is 5.75 Å². The summed E-state index contributed by atoms with van der Waals surface area (Å²) in [6.45, 7) is 6.03. The number of hydrogen-bond donors (Lipinski definition) is 2. The molecule has 2 atom stereocenters. The molecule has 0 bridgehead atoms. The lowest BCUT2D eigenvalue weighted by atomic mass is 10.0. The Bertz CT molecular complexity index is 1130. The van der Waals surface area contributed by atoms with Gasteiger partial charge in [-0.15, -0.1) is 10.2 Å². The first-order valence-electron chi connectivity index (χ1n) is 10.00. The Hall–Kier alpha value is -2.71. The standard InChI is InChI=1S/C22H24ClN5O2S/c1-5-18-25-26-22-28(18)27-19(14-7-9-17(30-4)15(23)11-14)20(31-22)21(29)24-16-8-6-12(2)10-13(16)3/h6-11,19-20,27H,5H2,1-4H3,(H,24,29)/t19-,20+/m1/s1. The van der Waals surface area contributed by atoms with Gasteiger partial charge in [-0.1, -0.05) is 54.0 Å². The van der Waals surface area contributed by atoms with Gasteiger partial charge in [-0.25, -0.2) is 4.68 Å². The summed E-state index contributed by atoms with van der Waals surface area (Å²) in [7, 11) is 1.58. The van der Waals surface area contributed by atoms with Crippen LogP contribution in [0.15, 0.2) is 41.6 Å². The molecule has 0 unspecified atom stereocenters. The normalized spacial score (nSPS) is 17.6. The van der Waals surface area contributed by atoms with Crippen LogP contribution in [0.3, 0.4) is 0 Å². The minimum Gasteiger partial charge on any atom is -0.495 e. The molecule has 4 rings (SSSR count). The van der Waals surface area contributed by atoms with Gasteiger partial charge >= 0.3 is 0 Å². The van der Waals surface area contributed by atoms with E-state index in [0.717, 1.165) is 34.6 Å². The number of methoxy groups -OCH3 is 1. The molecule has 162 valence electrons. The smallest absolute Gasteiger partial charge is 0.240 e. The number of carbonyl (C=O) groups excluding carboxylic acids is 1. The molecule has 31 heavy (non-hydrogen) atoms. The third-order valence-corrected chi connectivity index (χ3v) is 6.76. The van der Waals surface area contributed by atoms with Gasteiger partial charge in [0.2, 0.25) is 11.1 Å². The molecule has 0 saturated heterocycles. The SMILES string of the molecule is CCc1nnc2n1N[C@H](c1ccc(OC)c(Cl)c1)[C@@H](C(=O)Nc1ccc(C)cc1C)S2. The highest BCUT2D eigenvalue weighted by atomic mass is 35.5. The van der Waals surface area contributed by atoms with E-state index >= 15 is 0 Å². The first-order valence-corrected chi connectivity index (χ1v) is 11.3. The molecule has 7 nitrogen and oxygen atoms in total. The minimum atomic E-state index is -0.480. The molecule has 0 radical (unpaired) electrons. The molecule has 0 fully saturated rings. The fourth-order valence-electron chi connectivity index (χ4n) is 3.61. The van der Waals surface area contributed by atoms with Gasteiger partial charge in [0.25, 0.3) is 0 Å². The van der Waals surface area contributed by atoms with Crippen LogP contribution in [0.1, 0.15) is 35.5 Å². The number of aromatic nitrogens is 3. The fraction of sp³-hybridized carbons (Fsp3) is 0.318. The summed E-state index contributed by atoms with van der Waals surface area (Å²) in [5.41, 5.74) is 7.26. The zero-order valence-electron chi connectivity index (χ0n) is 17.8. The summed E-state index contributed by atoms with van der Waals surface area (Å²) >= 11 is 7.78. The van der Waals surface area contributed by atoms with Gasteiger partial charge < -0.3 is 15.5 Å². The summed E-state index contributed by atoms with van der Waals surface area (Å²) in [5, 5.41) is 12.3.